The number of halogens is 4. The zero-order valence-corrected chi connectivity index (χ0v) is 22.5. The molecule has 0 radical (unpaired) electrons. The van der Waals surface area contributed by atoms with E-state index in [4.69, 9.17) is 9.15 Å². The minimum absolute atomic E-state index is 0.0216. The van der Waals surface area contributed by atoms with Gasteiger partial charge in [0, 0.05) is 42.9 Å². The van der Waals surface area contributed by atoms with Gasteiger partial charge >= 0.3 is 12.5 Å². The van der Waals surface area contributed by atoms with Gasteiger partial charge in [-0.1, -0.05) is 17.3 Å². The Morgan fingerprint density at radius 1 is 0.976 bits per heavy atom. The molecule has 0 aliphatic carbocycles. The Kier molecular flexibility index (Phi) is 7.65. The van der Waals surface area contributed by atoms with Crippen LogP contribution in [0.4, 0.5) is 28.0 Å². The van der Waals surface area contributed by atoms with Crippen LogP contribution in [0.3, 0.4) is 0 Å². The van der Waals surface area contributed by atoms with E-state index < -0.39 is 29.6 Å². The molecule has 1 fully saturated rings. The molecular formula is C27H27F4N7O3. The summed E-state index contributed by atoms with van der Waals surface area (Å²) in [4.78, 5) is 15.8. The van der Waals surface area contributed by atoms with E-state index in [-0.39, 0.29) is 29.7 Å². The van der Waals surface area contributed by atoms with E-state index in [1.807, 2.05) is 25.7 Å². The lowest BCUT2D eigenvalue weighted by Crippen LogP contribution is -2.50. The van der Waals surface area contributed by atoms with Crippen molar-refractivity contribution in [2.24, 2.45) is 0 Å². The van der Waals surface area contributed by atoms with Crippen LogP contribution in [0.15, 0.2) is 47.0 Å². The molecule has 41 heavy (non-hydrogen) atoms. The quantitative estimate of drug-likeness (QED) is 0.286. The maximum atomic E-state index is 15.1. The van der Waals surface area contributed by atoms with Crippen molar-refractivity contribution >= 4 is 11.8 Å². The van der Waals surface area contributed by atoms with E-state index in [9.17, 15) is 18.0 Å². The van der Waals surface area contributed by atoms with Crippen molar-refractivity contribution < 1.29 is 31.5 Å². The fourth-order valence-electron chi connectivity index (χ4n) is 4.31. The number of aromatic nitrogens is 5. The minimum Gasteiger partial charge on any atom is -0.444 e. The Hall–Kier alpha value is -4.49. The van der Waals surface area contributed by atoms with Crippen LogP contribution >= 0.6 is 0 Å². The van der Waals surface area contributed by atoms with Crippen molar-refractivity contribution in [1.29, 1.82) is 0 Å². The molecule has 2 aromatic heterocycles. The second kappa shape index (κ2) is 11.2. The molecule has 0 unspecified atom stereocenters. The molecule has 216 valence electrons. The van der Waals surface area contributed by atoms with Crippen LogP contribution in [0, 0.1) is 11.6 Å². The van der Waals surface area contributed by atoms with E-state index in [0.29, 0.717) is 43.1 Å². The molecule has 1 aliphatic rings. The maximum Gasteiger partial charge on any atom is 0.410 e. The Morgan fingerprint density at radius 2 is 1.68 bits per heavy atom. The van der Waals surface area contributed by atoms with E-state index in [2.05, 4.69) is 20.5 Å². The Morgan fingerprint density at radius 3 is 2.32 bits per heavy atom. The van der Waals surface area contributed by atoms with Crippen molar-refractivity contribution in [2.45, 2.75) is 39.3 Å². The van der Waals surface area contributed by atoms with Gasteiger partial charge < -0.3 is 19.0 Å². The smallest absolute Gasteiger partial charge is 0.410 e. The molecule has 0 bridgehead atoms. The second-order valence-corrected chi connectivity index (χ2v) is 10.5. The van der Waals surface area contributed by atoms with Gasteiger partial charge in [0.15, 0.2) is 0 Å². The molecule has 5 rings (SSSR count). The van der Waals surface area contributed by atoms with Crippen LogP contribution in [0.5, 0.6) is 0 Å². The van der Waals surface area contributed by atoms with E-state index in [0.717, 1.165) is 6.07 Å². The zero-order valence-electron chi connectivity index (χ0n) is 22.5. The number of piperazine rings is 1. The average Bonchev–Trinajstić information content (AvgIpc) is 3.60. The van der Waals surface area contributed by atoms with Gasteiger partial charge in [0.05, 0.1) is 18.4 Å². The standard InChI is InChI=1S/C27H27F4N7O3/c1-27(2,3)41-26(39)37-10-8-36(9-11-37)22-7-6-16(12-20(22)29)21-15-38(35-32-21)14-18-5-4-17(13-19(18)28)24-33-34-25(40-24)23(30)31/h4-7,12-13,15,23H,8-11,14H2,1-3H3. The van der Waals surface area contributed by atoms with Gasteiger partial charge in [-0.2, -0.15) is 8.78 Å². The lowest BCUT2D eigenvalue weighted by atomic mass is 10.1. The Balaban J connectivity index is 1.22. The number of ether oxygens (including phenoxy) is 1. The highest BCUT2D eigenvalue weighted by atomic mass is 19.3. The first kappa shape index (κ1) is 28.1. The molecule has 1 saturated heterocycles. The first-order valence-corrected chi connectivity index (χ1v) is 12.8. The number of amides is 1. The second-order valence-electron chi connectivity index (χ2n) is 10.5. The third kappa shape index (κ3) is 6.47. The van der Waals surface area contributed by atoms with E-state index >= 15 is 4.39 Å². The summed E-state index contributed by atoms with van der Waals surface area (Å²) in [5, 5.41) is 14.9. The minimum atomic E-state index is -2.92. The molecule has 2 aromatic carbocycles. The summed E-state index contributed by atoms with van der Waals surface area (Å²) in [5.74, 6) is -2.13. The van der Waals surface area contributed by atoms with Crippen LogP contribution in [0.25, 0.3) is 22.7 Å². The Bertz CT molecular complexity index is 1540. The fourth-order valence-corrected chi connectivity index (χ4v) is 4.31. The predicted octanol–water partition coefficient (Wildman–Crippen LogP) is 5.32. The molecule has 0 atom stereocenters. The van der Waals surface area contributed by atoms with Crippen molar-refractivity contribution in [2.75, 3.05) is 31.1 Å². The highest BCUT2D eigenvalue weighted by Gasteiger charge is 2.27. The number of nitrogens with zero attached hydrogens (tertiary/aromatic N) is 7. The highest BCUT2D eigenvalue weighted by Crippen LogP contribution is 2.28. The number of carbonyl (C=O) groups is 1. The van der Waals surface area contributed by atoms with Gasteiger partial charge in [-0.05, 0) is 45.0 Å². The third-order valence-corrected chi connectivity index (χ3v) is 6.31. The van der Waals surface area contributed by atoms with Gasteiger partial charge in [-0.25, -0.2) is 18.3 Å². The van der Waals surface area contributed by atoms with Crippen LogP contribution in [-0.4, -0.2) is 68.0 Å². The number of alkyl halides is 2. The van der Waals surface area contributed by atoms with Gasteiger partial charge in [0.1, 0.15) is 22.9 Å². The molecule has 1 aliphatic heterocycles. The predicted molar refractivity (Wildman–Crippen MR) is 139 cm³/mol. The average molecular weight is 574 g/mol. The lowest BCUT2D eigenvalue weighted by Gasteiger charge is -2.36. The number of anilines is 1. The monoisotopic (exact) mass is 573 g/mol. The van der Waals surface area contributed by atoms with Crippen LogP contribution in [0.2, 0.25) is 0 Å². The van der Waals surface area contributed by atoms with E-state index in [1.54, 1.807) is 23.2 Å². The number of benzene rings is 2. The van der Waals surface area contributed by atoms with Crippen molar-refractivity contribution in [3.05, 3.63) is 65.7 Å². The van der Waals surface area contributed by atoms with Crippen LogP contribution in [-0.2, 0) is 11.3 Å². The molecule has 3 heterocycles. The zero-order chi connectivity index (χ0) is 29.3. The summed E-state index contributed by atoms with van der Waals surface area (Å²) in [7, 11) is 0. The van der Waals surface area contributed by atoms with Crippen LogP contribution < -0.4 is 4.90 Å². The van der Waals surface area contributed by atoms with Gasteiger partial charge in [0.2, 0.25) is 5.89 Å². The van der Waals surface area contributed by atoms with Gasteiger partial charge in [-0.15, -0.1) is 15.3 Å². The number of hydrogen-bond acceptors (Lipinski definition) is 8. The summed E-state index contributed by atoms with van der Waals surface area (Å²) in [6.07, 6.45) is -1.75. The summed E-state index contributed by atoms with van der Waals surface area (Å²) < 4.78 is 66.9. The van der Waals surface area contributed by atoms with E-state index in [1.165, 1.54) is 22.9 Å². The Labute approximate surface area is 232 Å². The van der Waals surface area contributed by atoms with Crippen LogP contribution in [0.1, 0.15) is 38.7 Å². The number of hydrogen-bond donors (Lipinski definition) is 0. The number of carbonyl (C=O) groups excluding carboxylic acids is 1. The molecule has 4 aromatic rings. The molecular weight excluding hydrogens is 546 g/mol. The normalized spacial score (nSPS) is 14.1. The fraction of sp³-hybridized carbons (Fsp3) is 0.370. The number of rotatable bonds is 6. The largest absolute Gasteiger partial charge is 0.444 e. The topological polar surface area (TPSA) is 102 Å². The summed E-state index contributed by atoms with van der Waals surface area (Å²) in [5.41, 5.74) is 1.13. The summed E-state index contributed by atoms with van der Waals surface area (Å²) >= 11 is 0. The van der Waals surface area contributed by atoms with Crippen molar-refractivity contribution in [3.8, 4) is 22.7 Å². The highest BCUT2D eigenvalue weighted by molar-refractivity contribution is 5.69. The summed E-state index contributed by atoms with van der Waals surface area (Å²) in [6.45, 7) is 7.17. The lowest BCUT2D eigenvalue weighted by molar-refractivity contribution is 0.0240. The SMILES string of the molecule is CC(C)(C)OC(=O)N1CCN(c2ccc(-c3cn(Cc4ccc(-c5nnc(C(F)F)o5)cc4F)nn3)cc2F)CC1. The third-order valence-electron chi connectivity index (χ3n) is 6.31. The van der Waals surface area contributed by atoms with Crippen molar-refractivity contribution in [3.63, 3.8) is 0 Å². The first-order chi connectivity index (χ1) is 19.5. The molecule has 1 amide bonds. The van der Waals surface area contributed by atoms with Crippen molar-refractivity contribution in [1.82, 2.24) is 30.1 Å². The molecule has 10 nitrogen and oxygen atoms in total. The molecule has 0 spiro atoms. The molecule has 0 N–H and O–H groups in total. The maximum absolute atomic E-state index is 15.1. The first-order valence-electron chi connectivity index (χ1n) is 12.8. The van der Waals surface area contributed by atoms with Gasteiger partial charge in [0.25, 0.3) is 5.89 Å². The molecule has 14 heteroatoms. The molecule has 0 saturated carbocycles. The summed E-state index contributed by atoms with van der Waals surface area (Å²) in [6, 6.07) is 8.77. The van der Waals surface area contributed by atoms with Gasteiger partial charge in [-0.3, -0.25) is 0 Å².